The molecule has 0 bridgehead atoms. The summed E-state index contributed by atoms with van der Waals surface area (Å²) >= 11 is 0. The lowest BCUT2D eigenvalue weighted by Crippen LogP contribution is -2.35. The highest BCUT2D eigenvalue weighted by Gasteiger charge is 2.22. The number of ether oxygens (including phenoxy) is 4. The van der Waals surface area contributed by atoms with Gasteiger partial charge in [0.15, 0.2) is 11.5 Å². The first-order chi connectivity index (χ1) is 15.6. The molecule has 0 N–H and O–H groups in total. The summed E-state index contributed by atoms with van der Waals surface area (Å²) in [5.41, 5.74) is 1.86. The molecule has 1 atom stereocenters. The molecule has 0 aromatic heterocycles. The van der Waals surface area contributed by atoms with Crippen molar-refractivity contribution < 1.29 is 23.7 Å². The molecular weight excluding hydrogens is 406 g/mol. The van der Waals surface area contributed by atoms with Crippen molar-refractivity contribution in [2.75, 3.05) is 34.0 Å². The van der Waals surface area contributed by atoms with E-state index >= 15 is 0 Å². The molecule has 0 aliphatic carbocycles. The lowest BCUT2D eigenvalue weighted by atomic mass is 10.1. The van der Waals surface area contributed by atoms with E-state index < -0.39 is 0 Å². The molecule has 2 aromatic rings. The minimum atomic E-state index is -0.0747. The van der Waals surface area contributed by atoms with E-state index in [1.54, 1.807) is 32.4 Å². The minimum Gasteiger partial charge on any atom is -0.497 e. The van der Waals surface area contributed by atoms with Gasteiger partial charge in [0.1, 0.15) is 12.4 Å². The summed E-state index contributed by atoms with van der Waals surface area (Å²) < 4.78 is 22.1. The smallest absolute Gasteiger partial charge is 0.246 e. The Bertz CT molecular complexity index is 934. The van der Waals surface area contributed by atoms with Gasteiger partial charge in [0.2, 0.25) is 5.91 Å². The van der Waals surface area contributed by atoms with Crippen molar-refractivity contribution in [3.63, 3.8) is 0 Å². The van der Waals surface area contributed by atoms with Crippen molar-refractivity contribution in [2.45, 2.75) is 25.5 Å². The Morgan fingerprint density at radius 2 is 2.06 bits per heavy atom. The van der Waals surface area contributed by atoms with Gasteiger partial charge in [-0.15, -0.1) is 0 Å². The molecule has 170 valence electrons. The maximum atomic E-state index is 13.1. The number of hydrogen-bond donors (Lipinski definition) is 0. The molecule has 0 spiro atoms. The third-order valence-electron chi connectivity index (χ3n) is 5.23. The van der Waals surface area contributed by atoms with Crippen LogP contribution in [0.1, 0.15) is 24.0 Å². The highest BCUT2D eigenvalue weighted by atomic mass is 16.5. The van der Waals surface area contributed by atoms with Crippen LogP contribution >= 0.6 is 0 Å². The van der Waals surface area contributed by atoms with Gasteiger partial charge in [0.05, 0.1) is 20.3 Å². The van der Waals surface area contributed by atoms with Gasteiger partial charge in [-0.25, -0.2) is 0 Å². The van der Waals surface area contributed by atoms with Gasteiger partial charge in [-0.05, 0) is 54.3 Å². The molecule has 6 nitrogen and oxygen atoms in total. The molecule has 1 aliphatic heterocycles. The Kier molecular flexibility index (Phi) is 8.75. The van der Waals surface area contributed by atoms with Gasteiger partial charge >= 0.3 is 0 Å². The van der Waals surface area contributed by atoms with E-state index in [1.165, 1.54) is 0 Å². The van der Waals surface area contributed by atoms with Crippen molar-refractivity contribution in [1.82, 2.24) is 4.90 Å². The number of nitrogens with zero attached hydrogens (tertiary/aromatic N) is 1. The Morgan fingerprint density at radius 3 is 2.78 bits per heavy atom. The Hall–Kier alpha value is -3.25. The first-order valence-corrected chi connectivity index (χ1v) is 10.8. The molecule has 32 heavy (non-hydrogen) atoms. The van der Waals surface area contributed by atoms with Crippen LogP contribution in [0.2, 0.25) is 0 Å². The molecule has 0 radical (unpaired) electrons. The zero-order valence-electron chi connectivity index (χ0n) is 18.8. The van der Waals surface area contributed by atoms with Crippen molar-refractivity contribution in [1.29, 1.82) is 0 Å². The van der Waals surface area contributed by atoms with Gasteiger partial charge in [-0.3, -0.25) is 4.79 Å². The third kappa shape index (κ3) is 6.62. The largest absolute Gasteiger partial charge is 0.497 e. The molecule has 1 aliphatic rings. The number of carbonyl (C=O) groups excluding carboxylic acids is 1. The van der Waals surface area contributed by atoms with E-state index in [4.69, 9.17) is 18.9 Å². The van der Waals surface area contributed by atoms with Crippen LogP contribution in [0.15, 0.2) is 61.2 Å². The zero-order chi connectivity index (χ0) is 22.8. The molecule has 1 heterocycles. The number of carbonyl (C=O) groups is 1. The third-order valence-corrected chi connectivity index (χ3v) is 5.23. The summed E-state index contributed by atoms with van der Waals surface area (Å²) in [6, 6.07) is 13.3. The van der Waals surface area contributed by atoms with E-state index in [2.05, 4.69) is 6.58 Å². The maximum Gasteiger partial charge on any atom is 0.246 e. The van der Waals surface area contributed by atoms with Crippen LogP contribution in [0.25, 0.3) is 6.08 Å². The Balaban J connectivity index is 1.76. The summed E-state index contributed by atoms with van der Waals surface area (Å²) in [5.74, 6) is 1.95. The number of rotatable bonds is 11. The monoisotopic (exact) mass is 437 g/mol. The lowest BCUT2D eigenvalue weighted by Gasteiger charge is -2.25. The fourth-order valence-corrected chi connectivity index (χ4v) is 3.58. The summed E-state index contributed by atoms with van der Waals surface area (Å²) in [6.45, 7) is 5.80. The van der Waals surface area contributed by atoms with Gasteiger partial charge in [-0.2, -0.15) is 0 Å². The van der Waals surface area contributed by atoms with E-state index in [0.717, 1.165) is 36.3 Å². The normalized spacial score (nSPS) is 15.5. The van der Waals surface area contributed by atoms with Gasteiger partial charge in [0, 0.05) is 25.8 Å². The quantitative estimate of drug-likeness (QED) is 0.383. The fraction of sp³-hybridized carbons (Fsp3) is 0.346. The van der Waals surface area contributed by atoms with Crippen LogP contribution in [0.4, 0.5) is 0 Å². The standard InChI is InChI=1S/C26H31NO5/c1-4-14-32-24-12-10-21(17-25(24)30-3)18-27(19-23-9-6-15-31-23)26(28)13-11-20-7-5-8-22(16-20)29-2/h4-5,7-8,10-13,16-17,23H,1,6,9,14-15,18-19H2,2-3H3/b13-11+. The second-order valence-electron chi connectivity index (χ2n) is 7.55. The Labute approximate surface area is 190 Å². The molecular formula is C26H31NO5. The number of methoxy groups -OCH3 is 2. The highest BCUT2D eigenvalue weighted by molar-refractivity contribution is 5.91. The van der Waals surface area contributed by atoms with Crippen LogP contribution in [-0.4, -0.2) is 50.9 Å². The van der Waals surface area contributed by atoms with Crippen LogP contribution in [0.5, 0.6) is 17.2 Å². The zero-order valence-corrected chi connectivity index (χ0v) is 18.8. The van der Waals surface area contributed by atoms with E-state index in [-0.39, 0.29) is 12.0 Å². The topological polar surface area (TPSA) is 57.2 Å². The molecule has 3 rings (SSSR count). The maximum absolute atomic E-state index is 13.1. The molecule has 0 saturated carbocycles. The average Bonchev–Trinajstić information content (AvgIpc) is 3.34. The van der Waals surface area contributed by atoms with Crippen molar-refractivity contribution >= 4 is 12.0 Å². The number of amides is 1. The number of hydrogen-bond acceptors (Lipinski definition) is 5. The molecule has 6 heteroatoms. The van der Waals surface area contributed by atoms with Crippen LogP contribution in [0, 0.1) is 0 Å². The predicted molar refractivity (Wildman–Crippen MR) is 125 cm³/mol. The Morgan fingerprint density at radius 1 is 1.19 bits per heavy atom. The van der Waals surface area contributed by atoms with Crippen molar-refractivity contribution in [2.24, 2.45) is 0 Å². The van der Waals surface area contributed by atoms with E-state index in [1.807, 2.05) is 47.4 Å². The fourth-order valence-electron chi connectivity index (χ4n) is 3.58. The van der Waals surface area contributed by atoms with Gasteiger partial charge in [-0.1, -0.05) is 30.9 Å². The van der Waals surface area contributed by atoms with Crippen LogP contribution < -0.4 is 14.2 Å². The summed E-state index contributed by atoms with van der Waals surface area (Å²) in [6.07, 6.45) is 7.13. The molecule has 2 aromatic carbocycles. The summed E-state index contributed by atoms with van der Waals surface area (Å²) in [5, 5.41) is 0. The summed E-state index contributed by atoms with van der Waals surface area (Å²) in [4.78, 5) is 14.9. The first-order valence-electron chi connectivity index (χ1n) is 10.8. The molecule has 1 fully saturated rings. The van der Waals surface area contributed by atoms with E-state index in [0.29, 0.717) is 31.2 Å². The SMILES string of the molecule is C=CCOc1ccc(CN(CC2CCCO2)C(=O)/C=C/c2cccc(OC)c2)cc1OC. The second kappa shape index (κ2) is 12.0. The van der Waals surface area contributed by atoms with Gasteiger partial charge in [0.25, 0.3) is 0 Å². The molecule has 1 saturated heterocycles. The lowest BCUT2D eigenvalue weighted by molar-refractivity contribution is -0.128. The molecule has 1 unspecified atom stereocenters. The van der Waals surface area contributed by atoms with E-state index in [9.17, 15) is 4.79 Å². The minimum absolute atomic E-state index is 0.0567. The highest BCUT2D eigenvalue weighted by Crippen LogP contribution is 2.29. The molecule has 1 amide bonds. The van der Waals surface area contributed by atoms with Gasteiger partial charge < -0.3 is 23.8 Å². The van der Waals surface area contributed by atoms with Crippen molar-refractivity contribution in [3.05, 3.63) is 72.3 Å². The van der Waals surface area contributed by atoms with Crippen molar-refractivity contribution in [3.8, 4) is 17.2 Å². The first kappa shape index (κ1) is 23.4. The second-order valence-corrected chi connectivity index (χ2v) is 7.55. The summed E-state index contributed by atoms with van der Waals surface area (Å²) in [7, 11) is 3.23. The average molecular weight is 438 g/mol. The predicted octanol–water partition coefficient (Wildman–Crippen LogP) is 4.49. The van der Waals surface area contributed by atoms with Crippen LogP contribution in [-0.2, 0) is 16.1 Å². The number of benzene rings is 2. The van der Waals surface area contributed by atoms with Crippen LogP contribution in [0.3, 0.4) is 0 Å².